The SMILES string of the molecule is N#Cc1ccc(Br)c(F)c1CC(F)F. The fraction of sp³-hybridized carbons (Fsp3) is 0.222. The van der Waals surface area contributed by atoms with E-state index in [0.717, 1.165) is 0 Å². The molecule has 1 aromatic carbocycles. The lowest BCUT2D eigenvalue weighted by molar-refractivity contribution is 0.147. The van der Waals surface area contributed by atoms with Crippen LogP contribution in [0.25, 0.3) is 0 Å². The molecule has 5 heteroatoms. The smallest absolute Gasteiger partial charge is 0.210 e. The van der Waals surface area contributed by atoms with Crippen LogP contribution in [0.1, 0.15) is 11.1 Å². The van der Waals surface area contributed by atoms with Gasteiger partial charge in [0.25, 0.3) is 0 Å². The minimum absolute atomic E-state index is 0.0500. The van der Waals surface area contributed by atoms with Crippen molar-refractivity contribution in [2.45, 2.75) is 12.8 Å². The summed E-state index contributed by atoms with van der Waals surface area (Å²) in [4.78, 5) is 0. The molecule has 0 aliphatic rings. The highest BCUT2D eigenvalue weighted by atomic mass is 79.9. The molecule has 1 rings (SSSR count). The average Bonchev–Trinajstić information content (AvgIpc) is 2.13. The van der Waals surface area contributed by atoms with Crippen LogP contribution in [-0.2, 0) is 6.42 Å². The van der Waals surface area contributed by atoms with Gasteiger partial charge in [0.15, 0.2) is 0 Å². The van der Waals surface area contributed by atoms with Crippen LogP contribution in [0.5, 0.6) is 0 Å². The molecule has 0 amide bonds. The van der Waals surface area contributed by atoms with Crippen LogP contribution < -0.4 is 0 Å². The Morgan fingerprint density at radius 1 is 1.43 bits per heavy atom. The Labute approximate surface area is 87.3 Å². The first-order valence-electron chi connectivity index (χ1n) is 3.71. The summed E-state index contributed by atoms with van der Waals surface area (Å²) in [5, 5.41) is 8.57. The highest BCUT2D eigenvalue weighted by Gasteiger charge is 2.16. The summed E-state index contributed by atoms with van der Waals surface area (Å²) in [5.74, 6) is -0.788. The van der Waals surface area contributed by atoms with Crippen molar-refractivity contribution < 1.29 is 13.2 Å². The molecule has 0 saturated heterocycles. The van der Waals surface area contributed by atoms with E-state index in [4.69, 9.17) is 5.26 Å². The van der Waals surface area contributed by atoms with Crippen molar-refractivity contribution in [1.82, 2.24) is 0 Å². The molecule has 14 heavy (non-hydrogen) atoms. The largest absolute Gasteiger partial charge is 0.242 e. The maximum absolute atomic E-state index is 13.3. The predicted molar refractivity (Wildman–Crippen MR) is 48.5 cm³/mol. The number of alkyl halides is 2. The number of nitriles is 1. The zero-order valence-electron chi connectivity index (χ0n) is 6.90. The summed E-state index contributed by atoms with van der Waals surface area (Å²) >= 11 is 2.87. The summed E-state index contributed by atoms with van der Waals surface area (Å²) in [6.07, 6.45) is -3.40. The highest BCUT2D eigenvalue weighted by Crippen LogP contribution is 2.23. The minimum Gasteiger partial charge on any atom is -0.210 e. The van der Waals surface area contributed by atoms with Crippen molar-refractivity contribution >= 4 is 15.9 Å². The molecule has 0 fully saturated rings. The van der Waals surface area contributed by atoms with Gasteiger partial charge < -0.3 is 0 Å². The van der Waals surface area contributed by atoms with Gasteiger partial charge in [-0.05, 0) is 28.1 Å². The van der Waals surface area contributed by atoms with Crippen LogP contribution in [-0.4, -0.2) is 6.43 Å². The summed E-state index contributed by atoms with van der Waals surface area (Å²) in [6.45, 7) is 0. The number of nitrogens with zero attached hydrogens (tertiary/aromatic N) is 1. The Hall–Kier alpha value is -1.02. The molecule has 0 N–H and O–H groups in total. The second-order valence-electron chi connectivity index (χ2n) is 2.59. The Balaban J connectivity index is 3.23. The molecule has 1 nitrogen and oxygen atoms in total. The van der Waals surface area contributed by atoms with Crippen molar-refractivity contribution in [2.75, 3.05) is 0 Å². The molecule has 0 spiro atoms. The van der Waals surface area contributed by atoms with E-state index in [2.05, 4.69) is 15.9 Å². The van der Waals surface area contributed by atoms with Crippen LogP contribution in [0, 0.1) is 17.1 Å². The van der Waals surface area contributed by atoms with Gasteiger partial charge in [-0.3, -0.25) is 0 Å². The van der Waals surface area contributed by atoms with Crippen LogP contribution in [0.4, 0.5) is 13.2 Å². The van der Waals surface area contributed by atoms with Crippen molar-refractivity contribution in [3.05, 3.63) is 33.5 Å². The monoisotopic (exact) mass is 263 g/mol. The van der Waals surface area contributed by atoms with Crippen LogP contribution in [0.3, 0.4) is 0 Å². The van der Waals surface area contributed by atoms with E-state index in [-0.39, 0.29) is 15.6 Å². The zero-order valence-corrected chi connectivity index (χ0v) is 8.48. The number of rotatable bonds is 2. The van der Waals surface area contributed by atoms with E-state index in [0.29, 0.717) is 0 Å². The summed E-state index contributed by atoms with van der Waals surface area (Å²) < 4.78 is 37.5. The van der Waals surface area contributed by atoms with Crippen LogP contribution in [0.15, 0.2) is 16.6 Å². The molecule has 0 atom stereocenters. The maximum atomic E-state index is 13.3. The molecule has 0 heterocycles. The third kappa shape index (κ3) is 2.26. The third-order valence-corrected chi connectivity index (χ3v) is 2.29. The molecular weight excluding hydrogens is 259 g/mol. The number of benzene rings is 1. The third-order valence-electron chi connectivity index (χ3n) is 1.67. The Morgan fingerprint density at radius 3 is 2.57 bits per heavy atom. The Bertz CT molecular complexity index is 384. The van der Waals surface area contributed by atoms with Gasteiger partial charge in [0, 0.05) is 12.0 Å². The highest BCUT2D eigenvalue weighted by molar-refractivity contribution is 9.10. The van der Waals surface area contributed by atoms with Crippen LogP contribution in [0.2, 0.25) is 0 Å². The molecule has 1 aromatic rings. The van der Waals surface area contributed by atoms with Crippen LogP contribution >= 0.6 is 15.9 Å². The molecule has 0 saturated carbocycles. The molecule has 74 valence electrons. The molecule has 0 aliphatic heterocycles. The van der Waals surface area contributed by atoms with E-state index >= 15 is 0 Å². The van der Waals surface area contributed by atoms with Crippen molar-refractivity contribution in [3.63, 3.8) is 0 Å². The van der Waals surface area contributed by atoms with Gasteiger partial charge in [-0.15, -0.1) is 0 Å². The fourth-order valence-electron chi connectivity index (χ4n) is 1.05. The zero-order chi connectivity index (χ0) is 10.7. The summed E-state index contributed by atoms with van der Waals surface area (Å²) in [7, 11) is 0. The van der Waals surface area contributed by atoms with E-state index in [1.54, 1.807) is 6.07 Å². The lowest BCUT2D eigenvalue weighted by Gasteiger charge is -2.05. The van der Waals surface area contributed by atoms with Gasteiger partial charge in [-0.1, -0.05) is 0 Å². The van der Waals surface area contributed by atoms with Crippen molar-refractivity contribution in [3.8, 4) is 6.07 Å². The topological polar surface area (TPSA) is 23.8 Å². The van der Waals surface area contributed by atoms with Gasteiger partial charge in [0.1, 0.15) is 5.82 Å². The lowest BCUT2D eigenvalue weighted by atomic mass is 10.1. The Morgan fingerprint density at radius 2 is 2.07 bits per heavy atom. The minimum atomic E-state index is -2.66. The lowest BCUT2D eigenvalue weighted by Crippen LogP contribution is -2.03. The number of hydrogen-bond acceptors (Lipinski definition) is 1. The van der Waals surface area contributed by atoms with Gasteiger partial charge >= 0.3 is 0 Å². The van der Waals surface area contributed by atoms with Gasteiger partial charge in [-0.2, -0.15) is 5.26 Å². The second kappa shape index (κ2) is 4.47. The standard InChI is InChI=1S/C9H5BrF3N/c10-7-2-1-5(4-14)6(9(7)13)3-8(11)12/h1-2,8H,3H2. The van der Waals surface area contributed by atoms with E-state index in [1.807, 2.05) is 0 Å². The van der Waals surface area contributed by atoms with Gasteiger partial charge in [0.2, 0.25) is 6.43 Å². The van der Waals surface area contributed by atoms with Crippen molar-refractivity contribution in [1.29, 1.82) is 5.26 Å². The normalized spacial score (nSPS) is 10.3. The summed E-state index contributed by atoms with van der Waals surface area (Å²) in [5.41, 5.74) is -0.289. The molecule has 0 radical (unpaired) electrons. The van der Waals surface area contributed by atoms with E-state index < -0.39 is 18.7 Å². The molecule has 0 aliphatic carbocycles. The fourth-order valence-corrected chi connectivity index (χ4v) is 1.42. The van der Waals surface area contributed by atoms with E-state index in [9.17, 15) is 13.2 Å². The molecule has 0 unspecified atom stereocenters. The van der Waals surface area contributed by atoms with Crippen molar-refractivity contribution in [2.24, 2.45) is 0 Å². The average molecular weight is 264 g/mol. The van der Waals surface area contributed by atoms with Gasteiger partial charge in [0.05, 0.1) is 16.1 Å². The first-order chi connectivity index (χ1) is 6.56. The predicted octanol–water partition coefficient (Wildman–Crippen LogP) is 3.27. The Kier molecular flexibility index (Phi) is 3.53. The van der Waals surface area contributed by atoms with Gasteiger partial charge in [-0.25, -0.2) is 13.2 Å². The molecular formula is C9H5BrF3N. The second-order valence-corrected chi connectivity index (χ2v) is 3.45. The van der Waals surface area contributed by atoms with E-state index in [1.165, 1.54) is 12.1 Å². The quantitative estimate of drug-likeness (QED) is 0.804. The molecule has 0 bridgehead atoms. The molecule has 0 aromatic heterocycles. The number of hydrogen-bond donors (Lipinski definition) is 0. The maximum Gasteiger partial charge on any atom is 0.242 e. The first-order valence-corrected chi connectivity index (χ1v) is 4.50. The number of halogens is 4. The summed E-state index contributed by atoms with van der Waals surface area (Å²) in [6, 6.07) is 4.31. The first kappa shape index (κ1) is 11.1.